The van der Waals surface area contributed by atoms with E-state index in [-0.39, 0.29) is 38.5 Å². The molecule has 0 heterocycles. The largest absolute Gasteiger partial charge is 0.683 e. The molecule has 0 saturated carbocycles. The maximum absolute atomic E-state index is 11.0. The fraction of sp³-hybridized carbons (Fsp3) is 0.263. The first kappa shape index (κ1) is 18.8. The fourth-order valence-electron chi connectivity index (χ4n) is 2.03. The molecule has 0 aliphatic heterocycles. The number of para-hydroxylation sites is 1. The standard InChI is InChI=1S/C19H19NO.Y/c1-15-7-3-4-8-17(15)11-12-18-9-5-6-10-19(18)20-14-13-16(2)21;/h4-6,8-10H,1,3,7,13-14H2,2H3;/q-2;. The van der Waals surface area contributed by atoms with E-state index < -0.39 is 0 Å². The maximum atomic E-state index is 11.0. The van der Waals surface area contributed by atoms with Crippen molar-refractivity contribution in [3.8, 4) is 11.8 Å². The number of Topliss-reactive ketones (excluding diaryl/α,β-unsaturated/α-hetero) is 1. The van der Waals surface area contributed by atoms with E-state index in [1.54, 1.807) is 6.92 Å². The Morgan fingerprint density at radius 3 is 2.82 bits per heavy atom. The molecule has 0 bridgehead atoms. The van der Waals surface area contributed by atoms with Gasteiger partial charge in [0.15, 0.2) is 0 Å². The molecular weight excluding hydrogens is 347 g/mol. The van der Waals surface area contributed by atoms with Crippen LogP contribution in [0.2, 0.25) is 0 Å². The average molecular weight is 366 g/mol. The second-order valence-electron chi connectivity index (χ2n) is 5.06. The summed E-state index contributed by atoms with van der Waals surface area (Å²) in [6.07, 6.45) is 6.65. The normalized spacial score (nSPS) is 13.0. The van der Waals surface area contributed by atoms with Crippen LogP contribution in [0.5, 0.6) is 0 Å². The van der Waals surface area contributed by atoms with Crippen LogP contribution in [0.15, 0.2) is 47.6 Å². The Labute approximate surface area is 158 Å². The van der Waals surface area contributed by atoms with Crippen LogP contribution in [0.4, 0.5) is 5.69 Å². The van der Waals surface area contributed by atoms with Gasteiger partial charge < -0.3 is 10.1 Å². The Hall–Kier alpha value is -1.30. The molecule has 111 valence electrons. The Kier molecular flexibility index (Phi) is 8.24. The zero-order valence-electron chi connectivity index (χ0n) is 12.9. The van der Waals surface area contributed by atoms with Crippen molar-refractivity contribution in [2.24, 2.45) is 0 Å². The van der Waals surface area contributed by atoms with Crippen LogP contribution in [0.1, 0.15) is 31.7 Å². The molecule has 0 aromatic heterocycles. The summed E-state index contributed by atoms with van der Waals surface area (Å²) in [5.74, 6) is 6.51. The van der Waals surface area contributed by atoms with Crippen molar-refractivity contribution in [3.63, 3.8) is 0 Å². The molecule has 1 aromatic rings. The van der Waals surface area contributed by atoms with Crippen LogP contribution in [0, 0.1) is 18.8 Å². The van der Waals surface area contributed by atoms with Crippen molar-refractivity contribution in [1.82, 2.24) is 0 Å². The molecule has 0 spiro atoms. The fourth-order valence-corrected chi connectivity index (χ4v) is 2.03. The first-order chi connectivity index (χ1) is 10.2. The molecule has 2 nitrogen and oxygen atoms in total. The third kappa shape index (κ3) is 5.83. The van der Waals surface area contributed by atoms with Crippen molar-refractivity contribution in [3.05, 3.63) is 65.4 Å². The van der Waals surface area contributed by atoms with Gasteiger partial charge in [0.2, 0.25) is 0 Å². The number of rotatable bonds is 4. The summed E-state index contributed by atoms with van der Waals surface area (Å²) in [6, 6.07) is 7.77. The molecule has 0 saturated heterocycles. The van der Waals surface area contributed by atoms with Gasteiger partial charge in [-0.3, -0.25) is 0 Å². The molecule has 0 amide bonds. The van der Waals surface area contributed by atoms with Gasteiger partial charge in [-0.1, -0.05) is 30.5 Å². The second kappa shape index (κ2) is 9.67. The second-order valence-corrected chi connectivity index (χ2v) is 5.06. The molecule has 22 heavy (non-hydrogen) atoms. The Morgan fingerprint density at radius 2 is 2.09 bits per heavy atom. The summed E-state index contributed by atoms with van der Waals surface area (Å²) >= 11 is 0. The molecular formula is C19H19NOY-2. The molecule has 1 radical (unpaired) electrons. The SMILES string of the molecule is [CH2-]C1=C(C#Cc2ccccc2[N-]CCC(C)=O)C=CCC1.[Y]. The van der Waals surface area contributed by atoms with Crippen LogP contribution in [0.3, 0.4) is 0 Å². The molecule has 0 atom stereocenters. The summed E-state index contributed by atoms with van der Waals surface area (Å²) in [5, 5.41) is 4.46. The number of nitrogens with zero attached hydrogens (tertiary/aromatic N) is 1. The molecule has 1 aliphatic rings. The number of hydrogen-bond donors (Lipinski definition) is 0. The van der Waals surface area contributed by atoms with E-state index in [0.717, 1.165) is 35.2 Å². The minimum atomic E-state index is 0. The van der Waals surface area contributed by atoms with Crippen molar-refractivity contribution in [2.75, 3.05) is 6.54 Å². The van der Waals surface area contributed by atoms with Crippen molar-refractivity contribution in [1.29, 1.82) is 0 Å². The number of hydrogen-bond acceptors (Lipinski definition) is 1. The summed E-state index contributed by atoms with van der Waals surface area (Å²) in [4.78, 5) is 11.0. The zero-order valence-corrected chi connectivity index (χ0v) is 15.8. The Morgan fingerprint density at radius 1 is 1.32 bits per heavy atom. The van der Waals surface area contributed by atoms with E-state index in [1.807, 2.05) is 30.3 Å². The van der Waals surface area contributed by atoms with Gasteiger partial charge in [0, 0.05) is 38.3 Å². The summed E-state index contributed by atoms with van der Waals surface area (Å²) < 4.78 is 0. The summed E-state index contributed by atoms with van der Waals surface area (Å²) in [7, 11) is 0. The van der Waals surface area contributed by atoms with Crippen LogP contribution in [-0.2, 0) is 37.5 Å². The Bertz CT molecular complexity index is 647. The predicted octanol–water partition coefficient (Wildman–Crippen LogP) is 4.50. The minimum absolute atomic E-state index is 0. The minimum Gasteiger partial charge on any atom is -0.683 e. The first-order valence-corrected chi connectivity index (χ1v) is 7.16. The van der Waals surface area contributed by atoms with Gasteiger partial charge in [-0.05, 0) is 25.8 Å². The topological polar surface area (TPSA) is 31.2 Å². The maximum Gasteiger partial charge on any atom is 0.128 e. The van der Waals surface area contributed by atoms with Gasteiger partial charge in [-0.15, -0.1) is 30.0 Å². The van der Waals surface area contributed by atoms with E-state index in [1.165, 1.54) is 0 Å². The summed E-state index contributed by atoms with van der Waals surface area (Å²) in [5.41, 5.74) is 3.83. The van der Waals surface area contributed by atoms with Crippen LogP contribution >= 0.6 is 0 Å². The first-order valence-electron chi connectivity index (χ1n) is 7.16. The Balaban J connectivity index is 0.00000242. The van der Waals surface area contributed by atoms with Crippen molar-refractivity contribution < 1.29 is 37.5 Å². The molecule has 2 rings (SSSR count). The van der Waals surface area contributed by atoms with Gasteiger partial charge >= 0.3 is 0 Å². The van der Waals surface area contributed by atoms with Gasteiger partial charge in [0.1, 0.15) is 5.78 Å². The molecule has 1 aromatic carbocycles. The monoisotopic (exact) mass is 366 g/mol. The number of ketones is 1. The predicted molar refractivity (Wildman–Crippen MR) is 87.3 cm³/mol. The van der Waals surface area contributed by atoms with E-state index in [4.69, 9.17) is 0 Å². The van der Waals surface area contributed by atoms with E-state index >= 15 is 0 Å². The average Bonchev–Trinajstić information content (AvgIpc) is 2.47. The molecule has 0 fully saturated rings. The third-order valence-electron chi connectivity index (χ3n) is 3.26. The number of carbonyl (C=O) groups excluding carboxylic acids is 1. The van der Waals surface area contributed by atoms with E-state index in [9.17, 15) is 4.79 Å². The van der Waals surface area contributed by atoms with E-state index in [0.29, 0.717) is 13.0 Å². The van der Waals surface area contributed by atoms with Crippen molar-refractivity contribution >= 4 is 11.5 Å². The van der Waals surface area contributed by atoms with Crippen LogP contribution in [-0.4, -0.2) is 12.3 Å². The molecule has 1 aliphatic carbocycles. The van der Waals surface area contributed by atoms with Crippen LogP contribution in [0.25, 0.3) is 5.32 Å². The van der Waals surface area contributed by atoms with Crippen molar-refractivity contribution in [2.45, 2.75) is 26.2 Å². The van der Waals surface area contributed by atoms with Crippen LogP contribution < -0.4 is 0 Å². The quantitative estimate of drug-likeness (QED) is 0.570. The van der Waals surface area contributed by atoms with Gasteiger partial charge in [0.25, 0.3) is 0 Å². The molecule has 3 heteroatoms. The van der Waals surface area contributed by atoms with Gasteiger partial charge in [0.05, 0.1) is 0 Å². The zero-order chi connectivity index (χ0) is 15.1. The van der Waals surface area contributed by atoms with Gasteiger partial charge in [-0.2, -0.15) is 5.92 Å². The molecule has 0 N–H and O–H groups in total. The van der Waals surface area contributed by atoms with Gasteiger partial charge in [-0.25, -0.2) is 12.5 Å². The smallest absolute Gasteiger partial charge is 0.128 e. The number of allylic oxidation sites excluding steroid dienone is 4. The number of benzene rings is 1. The molecule has 0 unspecified atom stereocenters. The summed E-state index contributed by atoms with van der Waals surface area (Å²) in [6.45, 7) is 6.14. The third-order valence-corrected chi connectivity index (χ3v) is 3.26. The number of carbonyl (C=O) groups is 1. The van der Waals surface area contributed by atoms with E-state index in [2.05, 4.69) is 30.2 Å².